The van der Waals surface area contributed by atoms with Gasteiger partial charge in [0.2, 0.25) is 0 Å². The fraction of sp³-hybridized carbons (Fsp3) is 0. The van der Waals surface area contributed by atoms with Gasteiger partial charge in [-0.25, -0.2) is 15.0 Å². The second kappa shape index (κ2) is 15.6. The van der Waals surface area contributed by atoms with Crippen molar-refractivity contribution in [2.24, 2.45) is 0 Å². The topological polar surface area (TPSA) is 61.7 Å². The van der Waals surface area contributed by atoms with Gasteiger partial charge in [-0.1, -0.05) is 158 Å². The van der Waals surface area contributed by atoms with E-state index in [9.17, 15) is 0 Å². The third kappa shape index (κ3) is 6.38. The van der Waals surface area contributed by atoms with Crippen LogP contribution in [0, 0.1) is 0 Å². The molecule has 0 unspecified atom stereocenters. The Bertz CT molecular complexity index is 4230. The summed E-state index contributed by atoms with van der Waals surface area (Å²) in [5, 5.41) is 6.82. The van der Waals surface area contributed by atoms with E-state index in [1.807, 2.05) is 72.8 Å². The fourth-order valence-corrected chi connectivity index (χ4v) is 10.4. The summed E-state index contributed by atoms with van der Waals surface area (Å²) in [4.78, 5) is 15.2. The molecule has 4 aromatic heterocycles. The van der Waals surface area contributed by atoms with Crippen molar-refractivity contribution in [3.63, 3.8) is 0 Å². The zero-order valence-electron chi connectivity index (χ0n) is 37.2. The second-order valence-corrected chi connectivity index (χ2v) is 17.6. The second-order valence-electron chi connectivity index (χ2n) is 17.6. The van der Waals surface area contributed by atoms with Crippen LogP contribution in [-0.4, -0.2) is 24.1 Å². The molecule has 0 spiro atoms. The number of hydrogen-bond donors (Lipinski definition) is 0. The number of hydrogen-bond acceptors (Lipinski definition) is 4. The normalized spacial score (nSPS) is 11.8. The average Bonchev–Trinajstić information content (AvgIpc) is 4.08. The van der Waals surface area contributed by atoms with Crippen LogP contribution in [0.1, 0.15) is 0 Å². The van der Waals surface area contributed by atoms with Crippen LogP contribution in [0.2, 0.25) is 0 Å². The molecule has 0 atom stereocenters. The number of rotatable bonds is 7. The van der Waals surface area contributed by atoms with Crippen molar-refractivity contribution in [3.05, 3.63) is 237 Å². The molecule has 0 N–H and O–H groups in total. The highest BCUT2D eigenvalue weighted by Gasteiger charge is 2.20. The Labute approximate surface area is 396 Å². The largest absolute Gasteiger partial charge is 0.456 e. The van der Waals surface area contributed by atoms with Crippen LogP contribution in [0.25, 0.3) is 133 Å². The summed E-state index contributed by atoms with van der Waals surface area (Å²) in [6.07, 6.45) is 0. The lowest BCUT2D eigenvalue weighted by molar-refractivity contribution is 0.669. The maximum absolute atomic E-state index is 6.55. The van der Waals surface area contributed by atoms with Gasteiger partial charge in [-0.2, -0.15) is 0 Å². The fourth-order valence-electron chi connectivity index (χ4n) is 10.4. The minimum Gasteiger partial charge on any atom is -0.456 e. The first-order chi connectivity index (χ1) is 34.2. The highest BCUT2D eigenvalue weighted by Crippen LogP contribution is 2.42. The van der Waals surface area contributed by atoms with Gasteiger partial charge >= 0.3 is 0 Å². The Kier molecular flexibility index (Phi) is 8.79. The molecule has 0 aliphatic rings. The molecule has 4 heterocycles. The number of nitrogens with zero attached hydrogens (tertiary/aromatic N) is 5. The van der Waals surface area contributed by atoms with E-state index in [1.54, 1.807) is 0 Å². The maximum atomic E-state index is 6.55. The SMILES string of the molecule is c1ccc(-c2nc(-c3ccccc3)nc(-c3cccc4oc5ccc(-c6ccc7c(c6)c6ccc(-c8ccc9c(c8)c8ccccc8n9-c8ccccc8)cc6n7-c6ccccc6)cc5c34)n2)cc1. The highest BCUT2D eigenvalue weighted by molar-refractivity contribution is 6.15. The molecule has 0 fully saturated rings. The summed E-state index contributed by atoms with van der Waals surface area (Å²) in [6.45, 7) is 0. The Morgan fingerprint density at radius 3 is 1.36 bits per heavy atom. The number of para-hydroxylation sites is 3. The van der Waals surface area contributed by atoms with Crippen molar-refractivity contribution < 1.29 is 4.42 Å². The molecule has 0 aliphatic heterocycles. The molecular weight excluding hydrogens is 843 g/mol. The average molecular weight is 882 g/mol. The molecule has 0 saturated heterocycles. The molecule has 69 heavy (non-hydrogen) atoms. The maximum Gasteiger partial charge on any atom is 0.164 e. The van der Waals surface area contributed by atoms with E-state index >= 15 is 0 Å². The first-order valence-electron chi connectivity index (χ1n) is 23.3. The molecule has 6 nitrogen and oxygen atoms in total. The van der Waals surface area contributed by atoms with Gasteiger partial charge in [0.1, 0.15) is 11.2 Å². The first-order valence-corrected chi connectivity index (χ1v) is 23.3. The third-order valence-electron chi connectivity index (χ3n) is 13.6. The molecule has 0 aliphatic carbocycles. The van der Waals surface area contributed by atoms with Crippen molar-refractivity contribution in [2.45, 2.75) is 0 Å². The lowest BCUT2D eigenvalue weighted by atomic mass is 9.98. The summed E-state index contributed by atoms with van der Waals surface area (Å²) in [5.74, 6) is 1.83. The van der Waals surface area contributed by atoms with E-state index in [0.717, 1.165) is 72.2 Å². The standard InChI is InChI=1S/C63H39N5O/c1-5-16-40(17-6-1)61-64-62(41-18-7-2-8-19-41)66-63(65-61)50-25-15-27-59-60(50)53-38-44(31-35-58(53)69-59)42-29-34-56-52(36-42)49-32-28-45(39-57(49)68(56)47-22-11-4-12-23-47)43-30-33-55-51(37-43)48-24-13-14-26-54(48)67(55)46-20-9-3-10-21-46/h1-39H. The minimum atomic E-state index is 0.592. The molecule has 14 rings (SSSR count). The Morgan fingerprint density at radius 1 is 0.275 bits per heavy atom. The van der Waals surface area contributed by atoms with E-state index in [4.69, 9.17) is 19.4 Å². The molecule has 10 aromatic carbocycles. The zero-order chi connectivity index (χ0) is 45.4. The minimum absolute atomic E-state index is 0.592. The van der Waals surface area contributed by atoms with Gasteiger partial charge in [0.15, 0.2) is 17.5 Å². The molecule has 14 aromatic rings. The van der Waals surface area contributed by atoms with Crippen LogP contribution in [0.3, 0.4) is 0 Å². The van der Waals surface area contributed by atoms with E-state index in [1.165, 1.54) is 43.7 Å². The summed E-state index contributed by atoms with van der Waals surface area (Å²) in [5.41, 5.74) is 15.8. The highest BCUT2D eigenvalue weighted by atomic mass is 16.3. The smallest absolute Gasteiger partial charge is 0.164 e. The van der Waals surface area contributed by atoms with Crippen LogP contribution in [0.15, 0.2) is 241 Å². The molecule has 0 bridgehead atoms. The third-order valence-corrected chi connectivity index (χ3v) is 13.6. The quantitative estimate of drug-likeness (QED) is 0.160. The lowest BCUT2D eigenvalue weighted by Crippen LogP contribution is -2.00. The predicted octanol–water partition coefficient (Wildman–Crippen LogP) is 16.3. The van der Waals surface area contributed by atoms with Crippen LogP contribution in [0.5, 0.6) is 0 Å². The monoisotopic (exact) mass is 881 g/mol. The molecular formula is C63H39N5O. The van der Waals surface area contributed by atoms with Crippen LogP contribution >= 0.6 is 0 Å². The number of furan rings is 1. The Balaban J connectivity index is 0.913. The molecule has 322 valence electrons. The van der Waals surface area contributed by atoms with Gasteiger partial charge < -0.3 is 13.6 Å². The van der Waals surface area contributed by atoms with Gasteiger partial charge in [0, 0.05) is 60.4 Å². The number of aromatic nitrogens is 5. The van der Waals surface area contributed by atoms with Crippen molar-refractivity contribution in [2.75, 3.05) is 0 Å². The molecule has 6 heteroatoms. The van der Waals surface area contributed by atoms with E-state index in [-0.39, 0.29) is 0 Å². The molecule has 0 amide bonds. The molecule has 0 radical (unpaired) electrons. The summed E-state index contributed by atoms with van der Waals surface area (Å²) in [7, 11) is 0. The van der Waals surface area contributed by atoms with Crippen molar-refractivity contribution in [1.82, 2.24) is 24.1 Å². The Morgan fingerprint density at radius 2 is 0.739 bits per heavy atom. The zero-order valence-corrected chi connectivity index (χ0v) is 37.2. The van der Waals surface area contributed by atoms with Crippen molar-refractivity contribution in [1.29, 1.82) is 0 Å². The van der Waals surface area contributed by atoms with Crippen molar-refractivity contribution in [3.8, 4) is 67.8 Å². The van der Waals surface area contributed by atoms with Gasteiger partial charge in [0.25, 0.3) is 0 Å². The number of fused-ring (bicyclic) bond motifs is 9. The van der Waals surface area contributed by atoms with Crippen molar-refractivity contribution >= 4 is 65.6 Å². The van der Waals surface area contributed by atoms with Crippen LogP contribution in [-0.2, 0) is 0 Å². The summed E-state index contributed by atoms with van der Waals surface area (Å²) >= 11 is 0. The number of benzene rings is 10. The van der Waals surface area contributed by atoms with E-state index < -0.39 is 0 Å². The van der Waals surface area contributed by atoms with E-state index in [2.05, 4.69) is 173 Å². The Hall–Kier alpha value is -9.39. The summed E-state index contributed by atoms with van der Waals surface area (Å²) < 4.78 is 11.3. The lowest BCUT2D eigenvalue weighted by Gasteiger charge is -2.10. The van der Waals surface area contributed by atoms with Gasteiger partial charge in [-0.15, -0.1) is 0 Å². The predicted molar refractivity (Wildman–Crippen MR) is 283 cm³/mol. The van der Waals surface area contributed by atoms with Crippen LogP contribution in [0.4, 0.5) is 0 Å². The van der Waals surface area contributed by atoms with E-state index in [0.29, 0.717) is 17.5 Å². The molecule has 0 saturated carbocycles. The van der Waals surface area contributed by atoms with Gasteiger partial charge in [-0.3, -0.25) is 0 Å². The first kappa shape index (κ1) is 38.8. The van der Waals surface area contributed by atoms with Crippen LogP contribution < -0.4 is 0 Å². The summed E-state index contributed by atoms with van der Waals surface area (Å²) in [6, 6.07) is 83.5. The van der Waals surface area contributed by atoms with Gasteiger partial charge in [0.05, 0.1) is 22.1 Å². The van der Waals surface area contributed by atoms with Gasteiger partial charge in [-0.05, 0) is 101 Å².